The molecule has 4 N–H and O–H groups in total. The van der Waals surface area contributed by atoms with E-state index in [-0.39, 0.29) is 11.8 Å². The molecule has 1 unspecified atom stereocenters. The molecule has 186 valence electrons. The molecule has 0 spiro atoms. The highest BCUT2D eigenvalue weighted by atomic mass is 16.5. The Hall–Kier alpha value is -3.20. The second kappa shape index (κ2) is 10.6. The first-order valence-electron chi connectivity index (χ1n) is 12.9. The van der Waals surface area contributed by atoms with Gasteiger partial charge in [0.1, 0.15) is 17.2 Å². The number of carbonyl (C=O) groups excluding carboxylic acids is 1. The van der Waals surface area contributed by atoms with E-state index >= 15 is 0 Å². The molecule has 5 rings (SSSR count). The Kier molecular flexibility index (Phi) is 7.13. The number of H-pyrrole nitrogens is 1. The van der Waals surface area contributed by atoms with Crippen molar-refractivity contribution in [3.63, 3.8) is 0 Å². The molecule has 3 aromatic rings. The third-order valence-corrected chi connectivity index (χ3v) is 7.16. The van der Waals surface area contributed by atoms with E-state index in [9.17, 15) is 10.0 Å². The molecule has 2 aliphatic rings. The molecule has 0 radical (unpaired) electrons. The Morgan fingerprint density at radius 1 is 1.29 bits per heavy atom. The van der Waals surface area contributed by atoms with Gasteiger partial charge >= 0.3 is 0 Å². The fourth-order valence-electron chi connectivity index (χ4n) is 4.98. The predicted octanol–water partition coefficient (Wildman–Crippen LogP) is 3.09. The summed E-state index contributed by atoms with van der Waals surface area (Å²) in [6.07, 6.45) is 11.8. The standard InChI is InChI=1S/C26H35N7O2/c1-18(34)23(31-26-22-11-14-28-25(22)29-17-33(26)35)12-16-32(21-9-10-21)15-3-2-6-20-8-7-19-5-4-13-27-24(19)30-20/h7-8,11,14,17,21,23,35H,2-6,9-10,12-13,15-16H2,1H3,(H2,27,28,30,31)/p+1. The largest absolute Gasteiger partial charge is 0.371 e. The highest BCUT2D eigenvalue weighted by Crippen LogP contribution is 2.28. The van der Waals surface area contributed by atoms with Crippen molar-refractivity contribution in [3.8, 4) is 0 Å². The first kappa shape index (κ1) is 23.5. The molecule has 1 saturated carbocycles. The number of aromatic amines is 1. The van der Waals surface area contributed by atoms with Crippen LogP contribution in [-0.4, -0.2) is 62.6 Å². The van der Waals surface area contributed by atoms with Crippen molar-refractivity contribution >= 4 is 28.5 Å². The Labute approximate surface area is 205 Å². The Morgan fingerprint density at radius 3 is 3.00 bits per heavy atom. The number of hydrogen-bond donors (Lipinski definition) is 4. The van der Waals surface area contributed by atoms with Crippen LogP contribution in [0.3, 0.4) is 0 Å². The molecule has 0 saturated heterocycles. The highest BCUT2D eigenvalue weighted by molar-refractivity contribution is 5.89. The highest BCUT2D eigenvalue weighted by Gasteiger charge is 2.30. The van der Waals surface area contributed by atoms with E-state index in [0.717, 1.165) is 61.3 Å². The average Bonchev–Trinajstić information content (AvgIpc) is 3.60. The van der Waals surface area contributed by atoms with Crippen LogP contribution in [0.5, 0.6) is 0 Å². The lowest BCUT2D eigenvalue weighted by atomic mass is 10.1. The zero-order chi connectivity index (χ0) is 24.2. The quantitative estimate of drug-likeness (QED) is 0.180. The summed E-state index contributed by atoms with van der Waals surface area (Å²) in [5.41, 5.74) is 3.18. The number of Topliss-reactive ketones (excluding diaryl/α,β-unsaturated/α-hetero) is 1. The summed E-state index contributed by atoms with van der Waals surface area (Å²) in [6, 6.07) is 6.52. The SMILES string of the molecule is CC(=O)C(CCN(CCCCc1ccc2c(n1)NCCC2)C1CC1)Nc1c2cc[nH]c2nc[n+]1O. The second-order valence-corrected chi connectivity index (χ2v) is 9.84. The van der Waals surface area contributed by atoms with Crippen molar-refractivity contribution in [1.82, 2.24) is 19.9 Å². The Morgan fingerprint density at radius 2 is 2.17 bits per heavy atom. The number of hydrogen-bond acceptors (Lipinski definition) is 7. The monoisotopic (exact) mass is 478 g/mol. The van der Waals surface area contributed by atoms with Crippen molar-refractivity contribution in [2.75, 3.05) is 30.3 Å². The van der Waals surface area contributed by atoms with Crippen molar-refractivity contribution in [3.05, 3.63) is 42.0 Å². The minimum Gasteiger partial charge on any atom is -0.371 e. The van der Waals surface area contributed by atoms with Crippen LogP contribution in [0.4, 0.5) is 11.6 Å². The number of nitrogens with zero attached hydrogens (tertiary/aromatic N) is 4. The fourth-order valence-corrected chi connectivity index (χ4v) is 4.98. The third kappa shape index (κ3) is 5.73. The van der Waals surface area contributed by atoms with Gasteiger partial charge in [0.2, 0.25) is 5.65 Å². The van der Waals surface area contributed by atoms with Crippen LogP contribution in [0.15, 0.2) is 30.7 Å². The van der Waals surface area contributed by atoms with E-state index in [1.165, 1.54) is 36.8 Å². The van der Waals surface area contributed by atoms with Crippen LogP contribution in [0.2, 0.25) is 0 Å². The Balaban J connectivity index is 1.13. The molecule has 4 heterocycles. The van der Waals surface area contributed by atoms with Gasteiger partial charge in [-0.1, -0.05) is 15.8 Å². The molecule has 0 amide bonds. The number of unbranched alkanes of at least 4 members (excludes halogenated alkanes) is 1. The first-order valence-corrected chi connectivity index (χ1v) is 12.9. The molecule has 9 heteroatoms. The van der Waals surface area contributed by atoms with Gasteiger partial charge in [0.05, 0.1) is 0 Å². The number of aryl methyl sites for hydroxylation is 2. The molecule has 1 fully saturated rings. The molecule has 0 bridgehead atoms. The zero-order valence-electron chi connectivity index (χ0n) is 20.5. The molecule has 1 aliphatic carbocycles. The van der Waals surface area contributed by atoms with Gasteiger partial charge in [-0.25, -0.2) is 4.98 Å². The summed E-state index contributed by atoms with van der Waals surface area (Å²) in [6.45, 7) is 4.52. The van der Waals surface area contributed by atoms with Gasteiger partial charge in [-0.2, -0.15) is 0 Å². The van der Waals surface area contributed by atoms with Crippen LogP contribution in [0.1, 0.15) is 56.7 Å². The summed E-state index contributed by atoms with van der Waals surface area (Å²) in [7, 11) is 0. The normalized spacial score (nSPS) is 16.2. The molecular weight excluding hydrogens is 442 g/mol. The molecular formula is C26H36N7O2+. The summed E-state index contributed by atoms with van der Waals surface area (Å²) < 4.78 is 0.953. The molecule has 1 aliphatic heterocycles. The molecule has 1 atom stereocenters. The summed E-state index contributed by atoms with van der Waals surface area (Å²) in [4.78, 5) is 27.0. The third-order valence-electron chi connectivity index (χ3n) is 7.16. The van der Waals surface area contributed by atoms with E-state index in [0.29, 0.717) is 23.9 Å². The van der Waals surface area contributed by atoms with Gasteiger partial charge in [0.25, 0.3) is 12.1 Å². The molecule has 3 aromatic heterocycles. The van der Waals surface area contributed by atoms with Crippen LogP contribution < -0.4 is 15.4 Å². The van der Waals surface area contributed by atoms with Crippen LogP contribution in [0, 0.1) is 0 Å². The number of ketones is 1. The number of anilines is 2. The number of pyridine rings is 1. The van der Waals surface area contributed by atoms with Gasteiger partial charge in [0.15, 0.2) is 5.78 Å². The summed E-state index contributed by atoms with van der Waals surface area (Å²) in [5, 5.41) is 17.7. The number of nitrogens with one attached hydrogen (secondary N) is 3. The van der Waals surface area contributed by atoms with Gasteiger partial charge in [-0.15, -0.1) is 0 Å². The van der Waals surface area contributed by atoms with E-state index in [2.05, 4.69) is 37.6 Å². The van der Waals surface area contributed by atoms with Gasteiger partial charge < -0.3 is 20.4 Å². The van der Waals surface area contributed by atoms with Gasteiger partial charge in [-0.05, 0) is 76.1 Å². The Bertz CT molecular complexity index is 1170. The minimum absolute atomic E-state index is 0.0633. The van der Waals surface area contributed by atoms with Crippen molar-refractivity contribution in [2.24, 2.45) is 0 Å². The first-order chi connectivity index (χ1) is 17.1. The molecule has 35 heavy (non-hydrogen) atoms. The van der Waals surface area contributed by atoms with E-state index in [1.54, 1.807) is 13.1 Å². The van der Waals surface area contributed by atoms with Crippen LogP contribution in [0.25, 0.3) is 11.0 Å². The van der Waals surface area contributed by atoms with Crippen LogP contribution >= 0.6 is 0 Å². The van der Waals surface area contributed by atoms with Gasteiger partial charge in [0, 0.05) is 37.4 Å². The maximum atomic E-state index is 12.4. The lowest BCUT2D eigenvalue weighted by Gasteiger charge is -2.24. The van der Waals surface area contributed by atoms with Crippen molar-refractivity contribution in [2.45, 2.75) is 70.4 Å². The number of fused-ring (bicyclic) bond motifs is 2. The smallest absolute Gasteiger partial charge is 0.273 e. The minimum atomic E-state index is -0.373. The fraction of sp³-hybridized carbons (Fsp3) is 0.538. The maximum absolute atomic E-state index is 12.4. The lowest BCUT2D eigenvalue weighted by Crippen LogP contribution is -2.41. The summed E-state index contributed by atoms with van der Waals surface area (Å²) >= 11 is 0. The average molecular weight is 479 g/mol. The van der Waals surface area contributed by atoms with E-state index in [1.807, 2.05) is 6.07 Å². The second-order valence-electron chi connectivity index (χ2n) is 9.84. The maximum Gasteiger partial charge on any atom is 0.273 e. The number of aromatic nitrogens is 4. The van der Waals surface area contributed by atoms with Crippen molar-refractivity contribution < 1.29 is 14.7 Å². The number of carbonyl (C=O) groups is 1. The van der Waals surface area contributed by atoms with E-state index in [4.69, 9.17) is 4.98 Å². The zero-order valence-corrected chi connectivity index (χ0v) is 20.5. The molecule has 0 aromatic carbocycles. The number of rotatable bonds is 12. The predicted molar refractivity (Wildman–Crippen MR) is 135 cm³/mol. The molecule has 9 nitrogen and oxygen atoms in total. The van der Waals surface area contributed by atoms with Gasteiger partial charge in [-0.3, -0.25) is 10.1 Å². The van der Waals surface area contributed by atoms with Crippen molar-refractivity contribution in [1.29, 1.82) is 0 Å². The summed E-state index contributed by atoms with van der Waals surface area (Å²) in [5.74, 6) is 1.63. The topological polar surface area (TPSA) is 110 Å². The lowest BCUT2D eigenvalue weighted by molar-refractivity contribution is -0.894. The van der Waals surface area contributed by atoms with Crippen LogP contribution in [-0.2, 0) is 17.6 Å². The van der Waals surface area contributed by atoms with E-state index < -0.39 is 0 Å².